The zero-order chi connectivity index (χ0) is 9.14. The van der Waals surface area contributed by atoms with Gasteiger partial charge >= 0.3 is 0 Å². The van der Waals surface area contributed by atoms with Crippen LogP contribution in [0.25, 0.3) is 0 Å². The summed E-state index contributed by atoms with van der Waals surface area (Å²) >= 11 is 0. The van der Waals surface area contributed by atoms with E-state index in [0.29, 0.717) is 0 Å². The van der Waals surface area contributed by atoms with Gasteiger partial charge in [-0.05, 0) is 29.5 Å². The lowest BCUT2D eigenvalue weighted by Gasteiger charge is -2.11. The summed E-state index contributed by atoms with van der Waals surface area (Å²) in [4.78, 5) is 0. The molecule has 0 N–H and O–H groups in total. The molecular weight excluding hydrogens is 151 g/mol. The summed E-state index contributed by atoms with van der Waals surface area (Å²) in [6.07, 6.45) is 0.908. The zero-order valence-corrected chi connectivity index (χ0v) is 7.89. The van der Waals surface area contributed by atoms with Gasteiger partial charge in [-0.25, -0.2) is 4.39 Å². The lowest BCUT2D eigenvalue weighted by Crippen LogP contribution is -1.98. The van der Waals surface area contributed by atoms with E-state index in [2.05, 4.69) is 6.92 Å². The van der Waals surface area contributed by atoms with Gasteiger partial charge in [0.1, 0.15) is 5.82 Å². The van der Waals surface area contributed by atoms with Crippen molar-refractivity contribution < 1.29 is 4.39 Å². The fraction of sp³-hybridized carbons (Fsp3) is 0.455. The quantitative estimate of drug-likeness (QED) is 0.630. The second-order valence-corrected chi connectivity index (χ2v) is 3.32. The van der Waals surface area contributed by atoms with E-state index in [4.69, 9.17) is 0 Å². The highest BCUT2D eigenvalue weighted by molar-refractivity contribution is 5.31. The van der Waals surface area contributed by atoms with Crippen molar-refractivity contribution in [2.45, 2.75) is 33.1 Å². The molecule has 1 aromatic carbocycles. The molecule has 1 heteroatoms. The Morgan fingerprint density at radius 1 is 1.33 bits per heavy atom. The molecule has 0 saturated heterocycles. The van der Waals surface area contributed by atoms with Gasteiger partial charge in [-0.3, -0.25) is 0 Å². The molecule has 0 nitrogen and oxygen atoms in total. The van der Waals surface area contributed by atoms with Crippen LogP contribution in [-0.4, -0.2) is 0 Å². The van der Waals surface area contributed by atoms with Crippen molar-refractivity contribution in [2.75, 3.05) is 0 Å². The molecule has 0 aliphatic heterocycles. The number of hydrogen-bond acceptors (Lipinski definition) is 0. The Morgan fingerprint density at radius 2 is 2.00 bits per heavy atom. The molecule has 1 rings (SSSR count). The maximum Gasteiger partial charge on any atom is 0.126 e. The smallest absolute Gasteiger partial charge is 0.126 e. The third-order valence-corrected chi connectivity index (χ3v) is 2.10. The van der Waals surface area contributed by atoms with Crippen LogP contribution in [-0.2, 0) is 6.42 Å². The predicted molar refractivity (Wildman–Crippen MR) is 49.9 cm³/mol. The average molecular weight is 166 g/mol. The third-order valence-electron chi connectivity index (χ3n) is 2.10. The van der Waals surface area contributed by atoms with Crippen molar-refractivity contribution in [1.82, 2.24) is 0 Å². The molecule has 0 aliphatic rings. The van der Waals surface area contributed by atoms with Crippen molar-refractivity contribution in [2.24, 2.45) is 0 Å². The molecule has 66 valence electrons. The number of aryl methyl sites for hydroxylation is 1. The van der Waals surface area contributed by atoms with Crippen molar-refractivity contribution in [3.8, 4) is 0 Å². The topological polar surface area (TPSA) is 0 Å². The second-order valence-electron chi connectivity index (χ2n) is 3.32. The van der Waals surface area contributed by atoms with Gasteiger partial charge in [0.05, 0.1) is 0 Å². The molecule has 0 heterocycles. The summed E-state index contributed by atoms with van der Waals surface area (Å²) in [6, 6.07) is 5.31. The molecule has 0 aliphatic carbocycles. The van der Waals surface area contributed by atoms with E-state index >= 15 is 0 Å². The van der Waals surface area contributed by atoms with Gasteiger partial charge in [-0.15, -0.1) is 0 Å². The fourth-order valence-corrected chi connectivity index (χ4v) is 1.54. The number of hydrogen-bond donors (Lipinski definition) is 0. The highest BCUT2D eigenvalue weighted by Crippen LogP contribution is 2.22. The molecule has 0 bridgehead atoms. The van der Waals surface area contributed by atoms with Gasteiger partial charge in [0.25, 0.3) is 0 Å². The lowest BCUT2D eigenvalue weighted by atomic mass is 9.95. The van der Waals surface area contributed by atoms with Crippen molar-refractivity contribution >= 4 is 0 Å². The summed E-state index contributed by atoms with van der Waals surface area (Å²) < 4.78 is 13.3. The molecule has 0 saturated carbocycles. The molecule has 0 amide bonds. The first-order chi connectivity index (χ1) is 5.66. The highest BCUT2D eigenvalue weighted by atomic mass is 19.1. The maximum absolute atomic E-state index is 13.3. The van der Waals surface area contributed by atoms with E-state index in [0.717, 1.165) is 17.5 Å². The van der Waals surface area contributed by atoms with Gasteiger partial charge < -0.3 is 0 Å². The molecular formula is C11H15F. The van der Waals surface area contributed by atoms with Gasteiger partial charge in [0, 0.05) is 0 Å². The van der Waals surface area contributed by atoms with E-state index in [-0.39, 0.29) is 11.7 Å². The van der Waals surface area contributed by atoms with E-state index in [1.807, 2.05) is 19.9 Å². The Bertz CT molecular complexity index is 264. The second kappa shape index (κ2) is 3.70. The van der Waals surface area contributed by atoms with Gasteiger partial charge in [0.15, 0.2) is 0 Å². The lowest BCUT2D eigenvalue weighted by molar-refractivity contribution is 0.594. The normalized spacial score (nSPS) is 10.8. The number of halogens is 1. The van der Waals surface area contributed by atoms with Gasteiger partial charge in [-0.2, -0.15) is 0 Å². The van der Waals surface area contributed by atoms with E-state index in [1.54, 1.807) is 6.07 Å². The van der Waals surface area contributed by atoms with Crippen LogP contribution in [0.2, 0.25) is 0 Å². The van der Waals surface area contributed by atoms with E-state index in [1.165, 1.54) is 6.07 Å². The van der Waals surface area contributed by atoms with Crippen LogP contribution in [0.5, 0.6) is 0 Å². The molecule has 12 heavy (non-hydrogen) atoms. The summed E-state index contributed by atoms with van der Waals surface area (Å²) in [5.74, 6) is 0.213. The zero-order valence-electron chi connectivity index (χ0n) is 7.89. The number of benzene rings is 1. The Kier molecular flexibility index (Phi) is 2.85. The first-order valence-electron chi connectivity index (χ1n) is 4.44. The first-order valence-corrected chi connectivity index (χ1v) is 4.44. The highest BCUT2D eigenvalue weighted by Gasteiger charge is 2.09. The van der Waals surface area contributed by atoms with Crippen molar-refractivity contribution in [3.63, 3.8) is 0 Å². The fourth-order valence-electron chi connectivity index (χ4n) is 1.54. The van der Waals surface area contributed by atoms with Crippen molar-refractivity contribution in [1.29, 1.82) is 0 Å². The SMILES string of the molecule is CCc1cccc(F)c1C(C)C. The minimum absolute atomic E-state index is 0.0654. The molecule has 0 radical (unpaired) electrons. The standard InChI is InChI=1S/C11H15F/c1-4-9-6-5-7-10(12)11(9)8(2)3/h5-8H,4H2,1-3H3. The van der Waals surface area contributed by atoms with Crippen LogP contribution < -0.4 is 0 Å². The van der Waals surface area contributed by atoms with Crippen LogP contribution in [0, 0.1) is 5.82 Å². The molecule has 0 atom stereocenters. The summed E-state index contributed by atoms with van der Waals surface area (Å²) in [5, 5.41) is 0. The Balaban J connectivity index is 3.20. The van der Waals surface area contributed by atoms with E-state index < -0.39 is 0 Å². The molecule has 0 fully saturated rings. The summed E-state index contributed by atoms with van der Waals surface area (Å²) in [6.45, 7) is 6.11. The third kappa shape index (κ3) is 1.66. The van der Waals surface area contributed by atoms with E-state index in [9.17, 15) is 4.39 Å². The van der Waals surface area contributed by atoms with Crippen LogP contribution in [0.4, 0.5) is 4.39 Å². The monoisotopic (exact) mass is 166 g/mol. The number of rotatable bonds is 2. The Morgan fingerprint density at radius 3 is 2.42 bits per heavy atom. The van der Waals surface area contributed by atoms with Gasteiger partial charge in [0.2, 0.25) is 0 Å². The summed E-state index contributed by atoms with van der Waals surface area (Å²) in [5.41, 5.74) is 2.00. The van der Waals surface area contributed by atoms with Crippen LogP contribution in [0.1, 0.15) is 37.8 Å². The molecule has 0 spiro atoms. The Labute approximate surface area is 73.4 Å². The maximum atomic E-state index is 13.3. The van der Waals surface area contributed by atoms with Crippen LogP contribution >= 0.6 is 0 Å². The molecule has 0 unspecified atom stereocenters. The molecule has 0 aromatic heterocycles. The summed E-state index contributed by atoms with van der Waals surface area (Å²) in [7, 11) is 0. The Hall–Kier alpha value is -0.850. The minimum atomic E-state index is -0.0654. The predicted octanol–water partition coefficient (Wildman–Crippen LogP) is 3.51. The van der Waals surface area contributed by atoms with Crippen LogP contribution in [0.3, 0.4) is 0 Å². The minimum Gasteiger partial charge on any atom is -0.207 e. The van der Waals surface area contributed by atoms with Crippen molar-refractivity contribution in [3.05, 3.63) is 35.1 Å². The average Bonchev–Trinajstić information content (AvgIpc) is 2.03. The largest absolute Gasteiger partial charge is 0.207 e. The first kappa shape index (κ1) is 9.24. The molecule has 1 aromatic rings. The van der Waals surface area contributed by atoms with Crippen LogP contribution in [0.15, 0.2) is 18.2 Å². The van der Waals surface area contributed by atoms with Gasteiger partial charge in [-0.1, -0.05) is 32.9 Å².